The van der Waals surface area contributed by atoms with Gasteiger partial charge in [0, 0.05) is 6.07 Å². The molecule has 4 nitrogen and oxygen atoms in total. The lowest BCUT2D eigenvalue weighted by atomic mass is 10.1. The summed E-state index contributed by atoms with van der Waals surface area (Å²) in [6.07, 6.45) is 0. The number of aliphatic hydroxyl groups is 1. The number of halogens is 1. The number of aliphatic hydroxyl groups excluding tert-OH is 1. The van der Waals surface area contributed by atoms with Crippen molar-refractivity contribution in [3.8, 4) is 0 Å². The molecule has 1 rings (SSSR count). The van der Waals surface area contributed by atoms with Crippen LogP contribution in [0.2, 0.25) is 0 Å². The zero-order valence-corrected chi connectivity index (χ0v) is 8.54. The van der Waals surface area contributed by atoms with Crippen LogP contribution in [-0.2, 0) is 6.61 Å². The van der Waals surface area contributed by atoms with Gasteiger partial charge in [0.1, 0.15) is 4.47 Å². The first-order valence-corrected chi connectivity index (χ1v) is 4.40. The highest BCUT2D eigenvalue weighted by Gasteiger charge is 2.15. The van der Waals surface area contributed by atoms with Gasteiger partial charge in [-0.15, -0.1) is 0 Å². The smallest absolute Gasteiger partial charge is 0.284 e. The lowest BCUT2D eigenvalue weighted by molar-refractivity contribution is -0.385. The Hall–Kier alpha value is -0.940. The number of nitrogens with zero attached hydrogens (tertiary/aromatic N) is 1. The zero-order valence-electron chi connectivity index (χ0n) is 6.95. The molecule has 0 spiro atoms. The van der Waals surface area contributed by atoms with Crippen molar-refractivity contribution in [1.29, 1.82) is 0 Å². The minimum Gasteiger partial charge on any atom is -0.392 e. The monoisotopic (exact) mass is 245 g/mol. The van der Waals surface area contributed by atoms with Crippen molar-refractivity contribution in [2.24, 2.45) is 0 Å². The largest absolute Gasteiger partial charge is 0.392 e. The number of benzene rings is 1. The Kier molecular flexibility index (Phi) is 3.00. The van der Waals surface area contributed by atoms with E-state index in [4.69, 9.17) is 5.11 Å². The molecule has 1 aromatic carbocycles. The van der Waals surface area contributed by atoms with E-state index in [1.165, 1.54) is 6.07 Å². The quantitative estimate of drug-likeness (QED) is 0.642. The molecule has 0 radical (unpaired) electrons. The topological polar surface area (TPSA) is 63.4 Å². The van der Waals surface area contributed by atoms with Crippen LogP contribution in [0.25, 0.3) is 0 Å². The van der Waals surface area contributed by atoms with Crippen LogP contribution in [0.5, 0.6) is 0 Å². The fourth-order valence-electron chi connectivity index (χ4n) is 1.07. The summed E-state index contributed by atoms with van der Waals surface area (Å²) in [4.78, 5) is 10.1. The molecule has 13 heavy (non-hydrogen) atoms. The molecule has 0 aliphatic rings. The van der Waals surface area contributed by atoms with E-state index in [0.29, 0.717) is 10.0 Å². The molecule has 1 N–H and O–H groups in total. The van der Waals surface area contributed by atoms with Crippen LogP contribution in [0, 0.1) is 17.0 Å². The fourth-order valence-corrected chi connectivity index (χ4v) is 1.57. The summed E-state index contributed by atoms with van der Waals surface area (Å²) in [7, 11) is 0. The molecule has 0 saturated heterocycles. The van der Waals surface area contributed by atoms with Gasteiger partial charge in [0.05, 0.1) is 11.5 Å². The molecule has 0 amide bonds. The average molecular weight is 246 g/mol. The molecule has 0 saturated carbocycles. The van der Waals surface area contributed by atoms with Crippen LogP contribution in [0.1, 0.15) is 11.1 Å². The van der Waals surface area contributed by atoms with Gasteiger partial charge in [0.2, 0.25) is 0 Å². The number of hydrogen-bond acceptors (Lipinski definition) is 3. The molecule has 0 aromatic heterocycles. The molecule has 0 unspecified atom stereocenters. The standard InChI is InChI=1S/C8H8BrNO3/c1-5-2-6(4-11)8(9)7(3-5)10(12)13/h2-3,11H,4H2,1H3. The van der Waals surface area contributed by atoms with E-state index in [-0.39, 0.29) is 12.3 Å². The van der Waals surface area contributed by atoms with Crippen LogP contribution in [0.3, 0.4) is 0 Å². The van der Waals surface area contributed by atoms with Gasteiger partial charge in [0.25, 0.3) is 5.69 Å². The van der Waals surface area contributed by atoms with Crippen molar-refractivity contribution >= 4 is 21.6 Å². The van der Waals surface area contributed by atoms with Gasteiger partial charge in [-0.1, -0.05) is 6.07 Å². The van der Waals surface area contributed by atoms with Gasteiger partial charge in [-0.2, -0.15) is 0 Å². The molecule has 1 aromatic rings. The summed E-state index contributed by atoms with van der Waals surface area (Å²) >= 11 is 3.07. The van der Waals surface area contributed by atoms with Gasteiger partial charge >= 0.3 is 0 Å². The first kappa shape index (κ1) is 10.1. The second kappa shape index (κ2) is 3.85. The lowest BCUT2D eigenvalue weighted by Gasteiger charge is -2.03. The second-order valence-electron chi connectivity index (χ2n) is 2.67. The molecule has 0 fully saturated rings. The molecular formula is C8H8BrNO3. The van der Waals surface area contributed by atoms with E-state index in [1.54, 1.807) is 13.0 Å². The predicted molar refractivity (Wildman–Crippen MR) is 51.5 cm³/mol. The summed E-state index contributed by atoms with van der Waals surface area (Å²) in [5.41, 5.74) is 1.29. The van der Waals surface area contributed by atoms with Gasteiger partial charge in [-0.25, -0.2) is 0 Å². The first-order chi connectivity index (χ1) is 6.06. The van der Waals surface area contributed by atoms with E-state index >= 15 is 0 Å². The highest BCUT2D eigenvalue weighted by Crippen LogP contribution is 2.29. The molecule has 0 aliphatic heterocycles. The van der Waals surface area contributed by atoms with Crippen molar-refractivity contribution in [2.45, 2.75) is 13.5 Å². The Morgan fingerprint density at radius 1 is 1.62 bits per heavy atom. The third-order valence-electron chi connectivity index (χ3n) is 1.64. The van der Waals surface area contributed by atoms with E-state index in [0.717, 1.165) is 5.56 Å². The average Bonchev–Trinajstić information content (AvgIpc) is 2.08. The maximum atomic E-state index is 10.5. The third kappa shape index (κ3) is 2.05. The Bertz CT molecular complexity index is 351. The number of nitro benzene ring substituents is 1. The molecule has 70 valence electrons. The minimum atomic E-state index is -0.476. The second-order valence-corrected chi connectivity index (χ2v) is 3.47. The van der Waals surface area contributed by atoms with Gasteiger partial charge in [-0.3, -0.25) is 10.1 Å². The number of hydrogen-bond donors (Lipinski definition) is 1. The Morgan fingerprint density at radius 3 is 2.69 bits per heavy atom. The third-order valence-corrected chi connectivity index (χ3v) is 2.56. The van der Waals surface area contributed by atoms with Crippen LogP contribution in [0.4, 0.5) is 5.69 Å². The highest BCUT2D eigenvalue weighted by molar-refractivity contribution is 9.10. The Labute approximate surface area is 83.5 Å². The summed E-state index contributed by atoms with van der Waals surface area (Å²) < 4.78 is 0.352. The van der Waals surface area contributed by atoms with E-state index in [2.05, 4.69) is 15.9 Å². The van der Waals surface area contributed by atoms with E-state index in [9.17, 15) is 10.1 Å². The number of nitro groups is 1. The maximum Gasteiger partial charge on any atom is 0.284 e. The molecule has 5 heteroatoms. The Morgan fingerprint density at radius 2 is 2.23 bits per heavy atom. The van der Waals surface area contributed by atoms with Crippen LogP contribution in [0.15, 0.2) is 16.6 Å². The number of rotatable bonds is 2. The maximum absolute atomic E-state index is 10.5. The van der Waals surface area contributed by atoms with Gasteiger partial charge < -0.3 is 5.11 Å². The summed E-state index contributed by atoms with van der Waals surface area (Å²) in [5, 5.41) is 19.4. The summed E-state index contributed by atoms with van der Waals surface area (Å²) in [5.74, 6) is 0. The van der Waals surface area contributed by atoms with Crippen molar-refractivity contribution in [3.05, 3.63) is 37.8 Å². The summed E-state index contributed by atoms with van der Waals surface area (Å²) in [6.45, 7) is 1.54. The highest BCUT2D eigenvalue weighted by atomic mass is 79.9. The van der Waals surface area contributed by atoms with Crippen molar-refractivity contribution < 1.29 is 10.0 Å². The van der Waals surface area contributed by atoms with Crippen LogP contribution < -0.4 is 0 Å². The van der Waals surface area contributed by atoms with Crippen molar-refractivity contribution in [1.82, 2.24) is 0 Å². The van der Waals surface area contributed by atoms with Crippen LogP contribution >= 0.6 is 15.9 Å². The SMILES string of the molecule is Cc1cc(CO)c(Br)c([N+](=O)[O-])c1. The minimum absolute atomic E-state index is 0.0101. The molecular weight excluding hydrogens is 238 g/mol. The molecule has 0 bridgehead atoms. The molecule has 0 atom stereocenters. The molecule has 0 aliphatic carbocycles. The Balaban J connectivity index is 3.35. The summed E-state index contributed by atoms with van der Waals surface area (Å²) in [6, 6.07) is 3.17. The normalized spacial score (nSPS) is 10.1. The predicted octanol–water partition coefficient (Wildman–Crippen LogP) is 2.16. The van der Waals surface area contributed by atoms with Gasteiger partial charge in [-0.05, 0) is 34.0 Å². The fraction of sp³-hybridized carbons (Fsp3) is 0.250. The van der Waals surface area contributed by atoms with Crippen molar-refractivity contribution in [2.75, 3.05) is 0 Å². The molecule has 0 heterocycles. The lowest BCUT2D eigenvalue weighted by Crippen LogP contribution is -1.95. The van der Waals surface area contributed by atoms with Crippen molar-refractivity contribution in [3.63, 3.8) is 0 Å². The van der Waals surface area contributed by atoms with E-state index < -0.39 is 4.92 Å². The first-order valence-electron chi connectivity index (χ1n) is 3.60. The van der Waals surface area contributed by atoms with Gasteiger partial charge in [0.15, 0.2) is 0 Å². The number of aryl methyl sites for hydroxylation is 1. The van der Waals surface area contributed by atoms with Crippen LogP contribution in [-0.4, -0.2) is 10.0 Å². The van der Waals surface area contributed by atoms with E-state index in [1.807, 2.05) is 0 Å². The zero-order chi connectivity index (χ0) is 10.0.